The van der Waals surface area contributed by atoms with Crippen LogP contribution < -0.4 is 0 Å². The van der Waals surface area contributed by atoms with E-state index in [1.54, 1.807) is 17.5 Å². The number of benzene rings is 1. The summed E-state index contributed by atoms with van der Waals surface area (Å²) in [6, 6.07) is 14.0. The first-order valence-corrected chi connectivity index (χ1v) is 7.21. The average Bonchev–Trinajstić information content (AvgIpc) is 2.95. The van der Waals surface area contributed by atoms with Crippen molar-refractivity contribution in [3.63, 3.8) is 0 Å². The molecule has 2 aromatic heterocycles. The Hall–Kier alpha value is -1.71. The van der Waals surface area contributed by atoms with E-state index in [2.05, 4.69) is 18.0 Å². The van der Waals surface area contributed by atoms with Crippen LogP contribution in [0.25, 0.3) is 10.9 Å². The molecule has 0 aliphatic carbocycles. The minimum absolute atomic E-state index is 0.594. The van der Waals surface area contributed by atoms with Crippen molar-refractivity contribution in [1.29, 1.82) is 0 Å². The van der Waals surface area contributed by atoms with E-state index in [-0.39, 0.29) is 0 Å². The molecule has 0 spiro atoms. The molecule has 3 aromatic rings. The van der Waals surface area contributed by atoms with Crippen molar-refractivity contribution in [3.05, 3.63) is 64.0 Å². The Kier molecular flexibility index (Phi) is 3.32. The van der Waals surface area contributed by atoms with E-state index in [0.717, 1.165) is 27.8 Å². The fourth-order valence-electron chi connectivity index (χ4n) is 2.23. The summed E-state index contributed by atoms with van der Waals surface area (Å²) in [5, 5.41) is 11.6. The van der Waals surface area contributed by atoms with Crippen LogP contribution in [-0.4, -0.2) is 10.1 Å². The highest BCUT2D eigenvalue weighted by molar-refractivity contribution is 7.12. The lowest BCUT2D eigenvalue weighted by Gasteiger charge is -2.11. The van der Waals surface area contributed by atoms with Crippen LogP contribution in [0.2, 0.25) is 0 Å². The van der Waals surface area contributed by atoms with Crippen molar-refractivity contribution in [1.82, 2.24) is 4.98 Å². The molecule has 0 bridgehead atoms. The third-order valence-electron chi connectivity index (χ3n) is 3.26. The maximum absolute atomic E-state index is 10.6. The van der Waals surface area contributed by atoms with Crippen LogP contribution in [0.15, 0.2) is 48.7 Å². The van der Waals surface area contributed by atoms with E-state index >= 15 is 0 Å². The molecule has 3 rings (SSSR count). The fraction of sp³-hybridized carbons (Fsp3) is 0.188. The molecule has 0 saturated heterocycles. The molecule has 0 saturated carbocycles. The second kappa shape index (κ2) is 5.11. The molecule has 19 heavy (non-hydrogen) atoms. The van der Waals surface area contributed by atoms with Crippen LogP contribution in [-0.2, 0) is 6.42 Å². The van der Waals surface area contributed by atoms with Crippen LogP contribution in [0, 0.1) is 0 Å². The zero-order valence-corrected chi connectivity index (χ0v) is 11.5. The van der Waals surface area contributed by atoms with Gasteiger partial charge in [-0.25, -0.2) is 0 Å². The molecule has 96 valence electrons. The Morgan fingerprint density at radius 2 is 2.00 bits per heavy atom. The number of rotatable bonds is 3. The highest BCUT2D eigenvalue weighted by Gasteiger charge is 2.15. The largest absolute Gasteiger partial charge is 0.383 e. The summed E-state index contributed by atoms with van der Waals surface area (Å²) in [4.78, 5) is 6.67. The van der Waals surface area contributed by atoms with E-state index < -0.39 is 6.10 Å². The first-order chi connectivity index (χ1) is 9.29. The Morgan fingerprint density at radius 1 is 1.16 bits per heavy atom. The minimum atomic E-state index is -0.594. The van der Waals surface area contributed by atoms with E-state index in [9.17, 15) is 5.11 Å². The van der Waals surface area contributed by atoms with Crippen molar-refractivity contribution >= 4 is 22.2 Å². The number of aliphatic hydroxyl groups excluding tert-OH is 1. The molecule has 2 heterocycles. The van der Waals surface area contributed by atoms with Crippen molar-refractivity contribution in [2.45, 2.75) is 19.4 Å². The SMILES string of the molecule is CCc1ccc(C(O)c2cccc3cccnc23)s1. The fourth-order valence-corrected chi connectivity index (χ4v) is 3.19. The highest BCUT2D eigenvalue weighted by atomic mass is 32.1. The molecule has 0 radical (unpaired) electrons. The minimum Gasteiger partial charge on any atom is -0.383 e. The van der Waals surface area contributed by atoms with Gasteiger partial charge in [0.05, 0.1) is 5.52 Å². The Labute approximate surface area is 116 Å². The van der Waals surface area contributed by atoms with Gasteiger partial charge in [0, 0.05) is 26.9 Å². The van der Waals surface area contributed by atoms with Crippen molar-refractivity contribution in [2.75, 3.05) is 0 Å². The first-order valence-electron chi connectivity index (χ1n) is 6.40. The van der Waals surface area contributed by atoms with Gasteiger partial charge in [-0.15, -0.1) is 11.3 Å². The molecular weight excluding hydrogens is 254 g/mol. The van der Waals surface area contributed by atoms with Gasteiger partial charge in [0.2, 0.25) is 0 Å². The highest BCUT2D eigenvalue weighted by Crippen LogP contribution is 2.31. The van der Waals surface area contributed by atoms with Gasteiger partial charge in [-0.1, -0.05) is 31.2 Å². The van der Waals surface area contributed by atoms with Crippen molar-refractivity contribution in [3.8, 4) is 0 Å². The summed E-state index contributed by atoms with van der Waals surface area (Å²) in [5.41, 5.74) is 1.76. The van der Waals surface area contributed by atoms with E-state index in [1.807, 2.05) is 36.4 Å². The molecule has 0 aliphatic rings. The predicted molar refractivity (Wildman–Crippen MR) is 79.5 cm³/mol. The Balaban J connectivity index is 2.08. The molecule has 1 aromatic carbocycles. The van der Waals surface area contributed by atoms with E-state index in [0.29, 0.717) is 0 Å². The number of fused-ring (bicyclic) bond motifs is 1. The summed E-state index contributed by atoms with van der Waals surface area (Å²) in [6.45, 7) is 2.13. The number of nitrogens with zero attached hydrogens (tertiary/aromatic N) is 1. The quantitative estimate of drug-likeness (QED) is 0.781. The van der Waals surface area contributed by atoms with Crippen LogP contribution in [0.3, 0.4) is 0 Å². The summed E-state index contributed by atoms with van der Waals surface area (Å²) in [5.74, 6) is 0. The normalized spacial score (nSPS) is 12.7. The van der Waals surface area contributed by atoms with Gasteiger partial charge in [-0.05, 0) is 24.6 Å². The zero-order chi connectivity index (χ0) is 13.2. The van der Waals surface area contributed by atoms with Crippen LogP contribution >= 0.6 is 11.3 Å². The maximum atomic E-state index is 10.6. The van der Waals surface area contributed by atoms with Crippen LogP contribution in [0.1, 0.15) is 28.3 Å². The van der Waals surface area contributed by atoms with Gasteiger partial charge < -0.3 is 5.11 Å². The van der Waals surface area contributed by atoms with E-state index in [1.165, 1.54) is 4.88 Å². The number of hydrogen-bond donors (Lipinski definition) is 1. The van der Waals surface area contributed by atoms with Gasteiger partial charge in [0.15, 0.2) is 0 Å². The number of aliphatic hydroxyl groups is 1. The van der Waals surface area contributed by atoms with Gasteiger partial charge in [0.1, 0.15) is 6.10 Å². The topological polar surface area (TPSA) is 33.1 Å². The number of aryl methyl sites for hydroxylation is 1. The molecule has 1 atom stereocenters. The van der Waals surface area contributed by atoms with Crippen LogP contribution in [0.5, 0.6) is 0 Å². The van der Waals surface area contributed by atoms with Gasteiger partial charge in [-0.3, -0.25) is 4.98 Å². The summed E-state index contributed by atoms with van der Waals surface area (Å²) >= 11 is 1.67. The second-order valence-corrected chi connectivity index (χ2v) is 5.68. The molecule has 3 heteroatoms. The number of hydrogen-bond acceptors (Lipinski definition) is 3. The molecular formula is C16H15NOS. The molecule has 0 amide bonds. The lowest BCUT2D eigenvalue weighted by molar-refractivity contribution is 0.225. The summed E-state index contributed by atoms with van der Waals surface area (Å²) < 4.78 is 0. The van der Waals surface area contributed by atoms with Gasteiger partial charge in [-0.2, -0.15) is 0 Å². The smallest absolute Gasteiger partial charge is 0.115 e. The zero-order valence-electron chi connectivity index (χ0n) is 10.7. The summed E-state index contributed by atoms with van der Waals surface area (Å²) in [7, 11) is 0. The third-order valence-corrected chi connectivity index (χ3v) is 4.54. The molecule has 1 N–H and O–H groups in total. The van der Waals surface area contributed by atoms with Crippen molar-refractivity contribution < 1.29 is 5.11 Å². The monoisotopic (exact) mass is 269 g/mol. The Morgan fingerprint density at radius 3 is 2.79 bits per heavy atom. The summed E-state index contributed by atoms with van der Waals surface area (Å²) in [6.07, 6.45) is 2.18. The lowest BCUT2D eigenvalue weighted by atomic mass is 10.0. The second-order valence-electron chi connectivity index (χ2n) is 4.48. The molecule has 2 nitrogen and oxygen atoms in total. The molecule has 0 fully saturated rings. The van der Waals surface area contributed by atoms with Crippen molar-refractivity contribution in [2.24, 2.45) is 0 Å². The first kappa shape index (κ1) is 12.3. The molecule has 1 unspecified atom stereocenters. The van der Waals surface area contributed by atoms with Crippen LogP contribution in [0.4, 0.5) is 0 Å². The Bertz CT molecular complexity index is 699. The van der Waals surface area contributed by atoms with Gasteiger partial charge in [0.25, 0.3) is 0 Å². The standard InChI is InChI=1S/C16H15NOS/c1-2-12-8-9-14(19-12)16(18)13-7-3-5-11-6-4-10-17-15(11)13/h3-10,16,18H,2H2,1H3. The predicted octanol–water partition coefficient (Wildman–Crippen LogP) is 3.94. The van der Waals surface area contributed by atoms with Gasteiger partial charge >= 0.3 is 0 Å². The lowest BCUT2D eigenvalue weighted by Crippen LogP contribution is -1.99. The number of thiophene rings is 1. The number of para-hydroxylation sites is 1. The average molecular weight is 269 g/mol. The molecule has 0 aliphatic heterocycles. The third kappa shape index (κ3) is 2.27. The number of pyridine rings is 1. The number of aromatic nitrogens is 1. The van der Waals surface area contributed by atoms with E-state index in [4.69, 9.17) is 0 Å². The maximum Gasteiger partial charge on any atom is 0.115 e.